The normalized spacial score (nSPS) is 13.1. The van der Waals surface area contributed by atoms with Crippen molar-refractivity contribution in [3.05, 3.63) is 0 Å². The smallest absolute Gasteiger partial charge is 0.107 e. The van der Waals surface area contributed by atoms with Crippen LogP contribution in [0.15, 0.2) is 0 Å². The van der Waals surface area contributed by atoms with Crippen molar-refractivity contribution in [2.45, 2.75) is 31.9 Å². The monoisotopic (exact) mass is 382 g/mol. The van der Waals surface area contributed by atoms with Gasteiger partial charge in [0.2, 0.25) is 6.25 Å². The van der Waals surface area contributed by atoms with Gasteiger partial charge in [0.05, 0.1) is 0 Å². The molecule has 0 rings (SSSR count). The fourth-order valence-electron chi connectivity index (χ4n) is 0.933. The molecule has 0 spiro atoms. The van der Waals surface area contributed by atoms with Crippen LogP contribution in [0.5, 0.6) is 0 Å². The number of rotatable bonds is 7. The molecule has 0 saturated heterocycles. The summed E-state index contributed by atoms with van der Waals surface area (Å²) in [5, 5.41) is 0. The van der Waals surface area contributed by atoms with Crippen LogP contribution in [-0.4, -0.2) is 17.8 Å². The zero-order valence-electron chi connectivity index (χ0n) is 8.33. The van der Waals surface area contributed by atoms with Crippen LogP contribution in [0.25, 0.3) is 0 Å². The Kier molecular flexibility index (Phi) is 10.8. The van der Waals surface area contributed by atoms with Gasteiger partial charge in [-0.2, -0.15) is 0 Å². The van der Waals surface area contributed by atoms with E-state index < -0.39 is 6.25 Å². The molecule has 0 radical (unpaired) electrons. The summed E-state index contributed by atoms with van der Waals surface area (Å²) in [5.41, 5.74) is 0. The first-order valence-electron chi connectivity index (χ1n) is 4.62. The predicted molar refractivity (Wildman–Crippen MR) is 84.0 cm³/mol. The van der Waals surface area contributed by atoms with E-state index in [9.17, 15) is 0 Å². The van der Waals surface area contributed by atoms with Crippen LogP contribution >= 0.6 is 93.1 Å². The fraction of sp³-hybridized carbons (Fsp3) is 1.00. The van der Waals surface area contributed by atoms with Crippen molar-refractivity contribution >= 4 is 93.1 Å². The first-order chi connectivity index (χ1) is 7.21. The predicted octanol–water partition coefficient (Wildman–Crippen LogP) is 6.67. The average molecular weight is 385 g/mol. The minimum absolute atomic E-state index is 0.855. The van der Waals surface area contributed by atoms with Gasteiger partial charge in [0, 0.05) is 0 Å². The third kappa shape index (κ3) is 16.4. The minimum Gasteiger partial charge on any atom is -0.107 e. The Hall–Kier alpha value is 2.44. The highest BCUT2D eigenvalue weighted by Crippen LogP contribution is 2.40. The van der Waals surface area contributed by atoms with Crippen molar-refractivity contribution in [1.29, 1.82) is 0 Å². The summed E-state index contributed by atoms with van der Waals surface area (Å²) >= 11 is 36.2. The van der Waals surface area contributed by atoms with Gasteiger partial charge in [-0.15, -0.1) is 23.5 Å². The summed E-state index contributed by atoms with van der Waals surface area (Å²) < 4.78 is -2.38. The lowest BCUT2D eigenvalue weighted by Gasteiger charge is -2.10. The molecule has 0 atom stereocenters. The van der Waals surface area contributed by atoms with Crippen LogP contribution in [0.4, 0.5) is 0 Å². The van der Waals surface area contributed by atoms with Crippen LogP contribution < -0.4 is 0 Å². The molecule has 0 bridgehead atoms. The number of unbranched alkanes of at least 4 members (excludes halogenated alkanes) is 3. The molecular weight excluding hydrogens is 373 g/mol. The molecule has 0 aliphatic rings. The molecule has 0 nitrogen and oxygen atoms in total. The maximum Gasteiger partial charge on any atom is 0.237 e. The summed E-state index contributed by atoms with van der Waals surface area (Å²) in [6.07, 6.45) is 4.29. The summed E-state index contributed by atoms with van der Waals surface area (Å²) in [5.74, 6) is 1.71. The van der Waals surface area contributed by atoms with E-state index in [-0.39, 0.29) is 0 Å². The van der Waals surface area contributed by atoms with E-state index in [2.05, 4.69) is 0 Å². The third-order valence-electron chi connectivity index (χ3n) is 1.57. The number of hydrogen-bond donors (Lipinski definition) is 0. The first-order valence-corrected chi connectivity index (χ1v) is 8.86. The van der Waals surface area contributed by atoms with Crippen LogP contribution in [0.2, 0.25) is 0 Å². The topological polar surface area (TPSA) is 0 Å². The number of thioether (sulfide) groups is 2. The van der Waals surface area contributed by atoms with Gasteiger partial charge < -0.3 is 0 Å². The number of hydrogen-bond acceptors (Lipinski definition) is 2. The van der Waals surface area contributed by atoms with E-state index in [1.165, 1.54) is 23.5 Å². The summed E-state index contributed by atoms with van der Waals surface area (Å²) in [7, 11) is 0. The Balaban J connectivity index is 3.17. The van der Waals surface area contributed by atoms with Crippen molar-refractivity contribution < 1.29 is 0 Å². The molecule has 0 aromatic rings. The highest BCUT2D eigenvalue weighted by Gasteiger charge is 2.19. The average Bonchev–Trinajstić information content (AvgIpc) is 2.06. The molecule has 0 aromatic carbocycles. The Morgan fingerprint density at radius 1 is 0.562 bits per heavy atom. The number of halogens is 6. The molecule has 0 saturated carbocycles. The molecule has 98 valence electrons. The molecule has 8 heteroatoms. The van der Waals surface area contributed by atoms with E-state index in [1.807, 2.05) is 0 Å². The Labute approximate surface area is 135 Å². The highest BCUT2D eigenvalue weighted by molar-refractivity contribution is 8.04. The second-order valence-electron chi connectivity index (χ2n) is 3.00. The molecule has 0 aliphatic heterocycles. The minimum atomic E-state index is -1.19. The van der Waals surface area contributed by atoms with E-state index in [4.69, 9.17) is 69.6 Å². The van der Waals surface area contributed by atoms with Crippen LogP contribution in [0.3, 0.4) is 0 Å². The molecule has 0 unspecified atom stereocenters. The number of alkyl halides is 6. The van der Waals surface area contributed by atoms with Gasteiger partial charge in [-0.05, 0) is 24.3 Å². The Morgan fingerprint density at radius 3 is 1.12 bits per heavy atom. The largest absolute Gasteiger partial charge is 0.237 e. The molecule has 0 aliphatic carbocycles. The fourth-order valence-corrected chi connectivity index (χ4v) is 3.48. The molecule has 16 heavy (non-hydrogen) atoms. The molecule has 0 heterocycles. The van der Waals surface area contributed by atoms with Gasteiger partial charge in [0.1, 0.15) is 0 Å². The maximum atomic E-state index is 5.59. The van der Waals surface area contributed by atoms with Crippen molar-refractivity contribution in [2.24, 2.45) is 0 Å². The van der Waals surface area contributed by atoms with Crippen LogP contribution in [0, 0.1) is 0 Å². The molecule has 0 amide bonds. The van der Waals surface area contributed by atoms with Gasteiger partial charge in [-0.1, -0.05) is 82.4 Å². The quantitative estimate of drug-likeness (QED) is 0.355. The van der Waals surface area contributed by atoms with Crippen LogP contribution in [-0.2, 0) is 0 Å². The van der Waals surface area contributed by atoms with Crippen molar-refractivity contribution in [3.63, 3.8) is 0 Å². The van der Waals surface area contributed by atoms with Crippen LogP contribution in [0.1, 0.15) is 25.7 Å². The lowest BCUT2D eigenvalue weighted by molar-refractivity contribution is 0.711. The third-order valence-corrected chi connectivity index (χ3v) is 5.17. The maximum absolute atomic E-state index is 5.59. The second-order valence-corrected chi connectivity index (χ2v) is 11.5. The van der Waals surface area contributed by atoms with Crippen molar-refractivity contribution in [3.8, 4) is 0 Å². The van der Waals surface area contributed by atoms with Gasteiger partial charge in [-0.25, -0.2) is 0 Å². The van der Waals surface area contributed by atoms with Gasteiger partial charge in [-0.3, -0.25) is 0 Å². The van der Waals surface area contributed by atoms with E-state index in [1.54, 1.807) is 0 Å². The lowest BCUT2D eigenvalue weighted by Crippen LogP contribution is -1.97. The molecule has 0 N–H and O–H groups in total. The second kappa shape index (κ2) is 9.36. The molecule has 0 fully saturated rings. The summed E-state index contributed by atoms with van der Waals surface area (Å²) in [4.78, 5) is 0. The summed E-state index contributed by atoms with van der Waals surface area (Å²) in [6.45, 7) is 0. The molecular formula is C8H12Cl6S2. The van der Waals surface area contributed by atoms with E-state index in [0.717, 1.165) is 37.2 Å². The first kappa shape index (κ1) is 18.4. The lowest BCUT2D eigenvalue weighted by atomic mass is 10.2. The standard InChI is InChI=1S/C8H12Cl6S2/c9-7(10,11)15-5-3-1-2-4-6-16-8(12,13)14/h1-6H2. The van der Waals surface area contributed by atoms with Crippen molar-refractivity contribution in [1.82, 2.24) is 0 Å². The highest BCUT2D eigenvalue weighted by atomic mass is 35.6. The Morgan fingerprint density at radius 2 is 0.875 bits per heavy atom. The van der Waals surface area contributed by atoms with Gasteiger partial charge in [0.25, 0.3) is 0 Å². The zero-order valence-corrected chi connectivity index (χ0v) is 14.5. The summed E-state index contributed by atoms with van der Waals surface area (Å²) in [6, 6.07) is 0. The molecule has 0 aromatic heterocycles. The van der Waals surface area contributed by atoms with Gasteiger partial charge in [0.15, 0.2) is 0 Å². The van der Waals surface area contributed by atoms with E-state index in [0.29, 0.717) is 0 Å². The SMILES string of the molecule is ClC(Cl)(Cl)SCCCCCCSC(Cl)(Cl)Cl. The zero-order chi connectivity index (χ0) is 12.7. The van der Waals surface area contributed by atoms with E-state index >= 15 is 0 Å². The van der Waals surface area contributed by atoms with Gasteiger partial charge >= 0.3 is 0 Å². The Bertz CT molecular complexity index is 156. The van der Waals surface area contributed by atoms with Crippen molar-refractivity contribution in [2.75, 3.05) is 11.5 Å².